The van der Waals surface area contributed by atoms with Gasteiger partial charge in [-0.3, -0.25) is 4.72 Å². The minimum Gasteiger partial charge on any atom is -0.406 e. The van der Waals surface area contributed by atoms with Gasteiger partial charge in [-0.05, 0) is 61.4 Å². The van der Waals surface area contributed by atoms with Crippen molar-refractivity contribution < 1.29 is 26.3 Å². The van der Waals surface area contributed by atoms with Crippen molar-refractivity contribution in [3.05, 3.63) is 60.7 Å². The minimum atomic E-state index is -4.85. The Morgan fingerprint density at radius 3 is 2.21 bits per heavy atom. The molecule has 1 fully saturated rings. The van der Waals surface area contributed by atoms with Gasteiger partial charge in [0.15, 0.2) is 5.82 Å². The second-order valence-electron chi connectivity index (χ2n) is 7.88. The zero-order valence-electron chi connectivity index (χ0n) is 18.1. The van der Waals surface area contributed by atoms with Crippen LogP contribution in [0.5, 0.6) is 5.75 Å². The van der Waals surface area contributed by atoms with Gasteiger partial charge in [0.2, 0.25) is 0 Å². The zero-order valence-corrected chi connectivity index (χ0v) is 18.9. The fourth-order valence-corrected chi connectivity index (χ4v) is 4.77. The molecular weight excluding hydrogens is 469 g/mol. The summed E-state index contributed by atoms with van der Waals surface area (Å²) in [4.78, 5) is 2.02. The summed E-state index contributed by atoms with van der Waals surface area (Å²) in [6.45, 7) is 1.91. The Morgan fingerprint density at radius 1 is 0.882 bits per heavy atom. The Morgan fingerprint density at radius 2 is 1.59 bits per heavy atom. The summed E-state index contributed by atoms with van der Waals surface area (Å²) in [6, 6.07) is 14.4. The second kappa shape index (κ2) is 9.88. The highest BCUT2D eigenvalue weighted by Crippen LogP contribution is 2.27. The Hall–Kier alpha value is -3.34. The van der Waals surface area contributed by atoms with Gasteiger partial charge >= 0.3 is 6.36 Å². The molecule has 4 rings (SSSR count). The molecule has 0 aliphatic carbocycles. The number of hydrogen-bond acceptors (Lipinski definition) is 6. The van der Waals surface area contributed by atoms with E-state index in [1.54, 1.807) is 24.3 Å². The van der Waals surface area contributed by atoms with Crippen molar-refractivity contribution >= 4 is 21.5 Å². The van der Waals surface area contributed by atoms with Gasteiger partial charge in [0.05, 0.1) is 10.6 Å². The second-order valence-corrected chi connectivity index (χ2v) is 9.57. The summed E-state index contributed by atoms with van der Waals surface area (Å²) in [5.41, 5.74) is 1.55. The summed E-state index contributed by atoms with van der Waals surface area (Å²) in [6.07, 6.45) is -0.160. The summed E-state index contributed by atoms with van der Waals surface area (Å²) >= 11 is 0. The molecule has 0 saturated carbocycles. The monoisotopic (exact) mass is 492 g/mol. The number of anilines is 2. The van der Waals surface area contributed by atoms with E-state index in [1.165, 1.54) is 12.8 Å². The smallest absolute Gasteiger partial charge is 0.406 e. The first-order valence-corrected chi connectivity index (χ1v) is 12.3. The summed E-state index contributed by atoms with van der Waals surface area (Å²) in [5, 5.41) is 8.67. The number of ether oxygens (including phenoxy) is 1. The van der Waals surface area contributed by atoms with Gasteiger partial charge in [-0.1, -0.05) is 25.0 Å². The molecule has 180 valence electrons. The van der Waals surface area contributed by atoms with Crippen molar-refractivity contribution in [3.8, 4) is 17.0 Å². The maximum absolute atomic E-state index is 12.7. The van der Waals surface area contributed by atoms with Gasteiger partial charge in [0, 0.05) is 24.3 Å². The molecule has 7 nitrogen and oxygen atoms in total. The highest BCUT2D eigenvalue weighted by molar-refractivity contribution is 7.92. The largest absolute Gasteiger partial charge is 0.573 e. The summed E-state index contributed by atoms with van der Waals surface area (Å²) in [7, 11) is -4.03. The van der Waals surface area contributed by atoms with Crippen molar-refractivity contribution in [2.45, 2.75) is 36.9 Å². The molecule has 1 saturated heterocycles. The predicted molar refractivity (Wildman–Crippen MR) is 122 cm³/mol. The number of alkyl halides is 3. The molecule has 1 aliphatic heterocycles. The van der Waals surface area contributed by atoms with Crippen LogP contribution in [-0.2, 0) is 10.0 Å². The molecule has 0 unspecified atom stereocenters. The molecular formula is C23H23F3N4O3S. The normalized spacial score (nSPS) is 15.0. The number of rotatable bonds is 6. The molecule has 0 atom stereocenters. The van der Waals surface area contributed by atoms with Gasteiger partial charge in [0.1, 0.15) is 5.75 Å². The van der Waals surface area contributed by atoms with E-state index in [1.807, 2.05) is 12.1 Å². The van der Waals surface area contributed by atoms with E-state index in [-0.39, 0.29) is 10.6 Å². The number of sulfonamides is 1. The lowest BCUT2D eigenvalue weighted by molar-refractivity contribution is -0.274. The van der Waals surface area contributed by atoms with Crippen LogP contribution in [0.3, 0.4) is 0 Å². The van der Waals surface area contributed by atoms with Crippen molar-refractivity contribution in [1.82, 2.24) is 10.2 Å². The number of hydrogen-bond donors (Lipinski definition) is 1. The van der Waals surface area contributed by atoms with Crippen LogP contribution < -0.4 is 14.4 Å². The molecule has 2 heterocycles. The number of halogens is 3. The van der Waals surface area contributed by atoms with Gasteiger partial charge in [0.25, 0.3) is 10.0 Å². The Balaban J connectivity index is 1.48. The van der Waals surface area contributed by atoms with E-state index in [2.05, 4.69) is 24.6 Å². The number of benzene rings is 2. The fraction of sp³-hybridized carbons (Fsp3) is 0.304. The highest BCUT2D eigenvalue weighted by atomic mass is 32.2. The Labute approximate surface area is 195 Å². The van der Waals surface area contributed by atoms with E-state index < -0.39 is 22.1 Å². The first-order chi connectivity index (χ1) is 16.2. The van der Waals surface area contributed by atoms with Gasteiger partial charge in [-0.15, -0.1) is 23.4 Å². The number of nitrogens with one attached hydrogen (secondary N) is 1. The van der Waals surface area contributed by atoms with E-state index in [4.69, 9.17) is 0 Å². The van der Waals surface area contributed by atoms with Crippen LogP contribution in [0.15, 0.2) is 65.6 Å². The van der Waals surface area contributed by atoms with Crippen LogP contribution in [0, 0.1) is 0 Å². The molecule has 1 aliphatic rings. The average Bonchev–Trinajstić information content (AvgIpc) is 3.08. The quantitative estimate of drug-likeness (QED) is 0.508. The predicted octanol–water partition coefficient (Wildman–Crippen LogP) is 5.22. The lowest BCUT2D eigenvalue weighted by atomic mass is 10.1. The lowest BCUT2D eigenvalue weighted by Crippen LogP contribution is -2.25. The molecule has 2 aromatic carbocycles. The standard InChI is InChI=1S/C23H23F3N4O3S/c24-23(25,26)33-19-8-10-20(11-9-19)34(31,32)29-18-7-5-6-17(16-18)21-12-13-22(28-27-21)30-14-3-1-2-4-15-30/h5-13,16,29H,1-4,14-15H2. The van der Waals surface area contributed by atoms with Crippen LogP contribution in [0.4, 0.5) is 24.7 Å². The minimum absolute atomic E-state index is 0.200. The fourth-order valence-electron chi connectivity index (χ4n) is 3.72. The van der Waals surface area contributed by atoms with Crippen LogP contribution in [0.2, 0.25) is 0 Å². The van der Waals surface area contributed by atoms with Crippen LogP contribution in [0.1, 0.15) is 25.7 Å². The van der Waals surface area contributed by atoms with E-state index in [0.29, 0.717) is 11.3 Å². The van der Waals surface area contributed by atoms with Crippen LogP contribution >= 0.6 is 0 Å². The average molecular weight is 493 g/mol. The maximum Gasteiger partial charge on any atom is 0.573 e. The topological polar surface area (TPSA) is 84.4 Å². The molecule has 1 N–H and O–H groups in total. The molecule has 3 aromatic rings. The Bertz CT molecular complexity index is 1210. The molecule has 1 aromatic heterocycles. The van der Waals surface area contributed by atoms with Crippen LogP contribution in [-0.4, -0.2) is 38.1 Å². The third kappa shape index (κ3) is 6.16. The molecule has 0 bridgehead atoms. The van der Waals surface area contributed by atoms with Crippen LogP contribution in [0.25, 0.3) is 11.3 Å². The van der Waals surface area contributed by atoms with E-state index in [9.17, 15) is 21.6 Å². The molecule has 0 amide bonds. The number of nitrogens with zero attached hydrogens (tertiary/aromatic N) is 3. The van der Waals surface area contributed by atoms with Gasteiger partial charge < -0.3 is 9.64 Å². The maximum atomic E-state index is 12.7. The third-order valence-electron chi connectivity index (χ3n) is 5.36. The molecule has 34 heavy (non-hydrogen) atoms. The van der Waals surface area contributed by atoms with E-state index >= 15 is 0 Å². The Kier molecular flexibility index (Phi) is 6.92. The first kappa shape index (κ1) is 23.8. The van der Waals surface area contributed by atoms with Crippen molar-refractivity contribution in [2.24, 2.45) is 0 Å². The van der Waals surface area contributed by atoms with Crippen molar-refractivity contribution in [3.63, 3.8) is 0 Å². The highest BCUT2D eigenvalue weighted by Gasteiger charge is 2.31. The SMILES string of the molecule is O=S(=O)(Nc1cccc(-c2ccc(N3CCCCCC3)nn2)c1)c1ccc(OC(F)(F)F)cc1. The number of aromatic nitrogens is 2. The van der Waals surface area contributed by atoms with Crippen molar-refractivity contribution in [2.75, 3.05) is 22.7 Å². The third-order valence-corrected chi connectivity index (χ3v) is 6.76. The van der Waals surface area contributed by atoms with E-state index in [0.717, 1.165) is 56.0 Å². The molecule has 0 radical (unpaired) electrons. The summed E-state index contributed by atoms with van der Waals surface area (Å²) < 4.78 is 68.5. The first-order valence-electron chi connectivity index (χ1n) is 10.8. The molecule has 11 heteroatoms. The zero-order chi connectivity index (χ0) is 24.2. The lowest BCUT2D eigenvalue weighted by Gasteiger charge is -2.20. The van der Waals surface area contributed by atoms with Gasteiger partial charge in [-0.2, -0.15) is 0 Å². The van der Waals surface area contributed by atoms with Gasteiger partial charge in [-0.25, -0.2) is 8.42 Å². The summed E-state index contributed by atoms with van der Waals surface area (Å²) in [5.74, 6) is 0.316. The van der Waals surface area contributed by atoms with Crippen molar-refractivity contribution in [1.29, 1.82) is 0 Å². The molecule has 0 spiro atoms.